The predicted molar refractivity (Wildman–Crippen MR) is 96.3 cm³/mol. The molecule has 9 nitrogen and oxygen atoms in total. The SMILES string of the molecule is O=C(Cn1nc2ccccn2c1=O)Nc1nc(CN2CCOCC2)cs1. The minimum Gasteiger partial charge on any atom is -0.379 e. The number of aromatic nitrogens is 4. The Morgan fingerprint density at radius 2 is 2.15 bits per heavy atom. The molecule has 0 atom stereocenters. The second-order valence-corrected chi connectivity index (χ2v) is 6.81. The molecule has 4 heterocycles. The van der Waals surface area contributed by atoms with Crippen molar-refractivity contribution in [2.24, 2.45) is 0 Å². The van der Waals surface area contributed by atoms with Gasteiger partial charge in [-0.3, -0.25) is 14.1 Å². The lowest BCUT2D eigenvalue weighted by Gasteiger charge is -2.25. The van der Waals surface area contributed by atoms with E-state index >= 15 is 0 Å². The van der Waals surface area contributed by atoms with E-state index in [0.717, 1.165) is 43.2 Å². The van der Waals surface area contributed by atoms with E-state index in [1.54, 1.807) is 24.4 Å². The number of carbonyl (C=O) groups excluding carboxylic acids is 1. The Bertz CT molecular complexity index is 972. The molecule has 1 amide bonds. The highest BCUT2D eigenvalue weighted by molar-refractivity contribution is 7.13. The molecule has 0 spiro atoms. The summed E-state index contributed by atoms with van der Waals surface area (Å²) in [4.78, 5) is 31.1. The first kappa shape index (κ1) is 16.9. The van der Waals surface area contributed by atoms with E-state index < -0.39 is 0 Å². The van der Waals surface area contributed by atoms with Gasteiger partial charge in [-0.2, -0.15) is 0 Å². The maximum absolute atomic E-state index is 12.2. The lowest BCUT2D eigenvalue weighted by molar-refractivity contribution is -0.117. The largest absolute Gasteiger partial charge is 0.379 e. The first-order valence-electron chi connectivity index (χ1n) is 8.27. The highest BCUT2D eigenvalue weighted by atomic mass is 32.1. The Hall–Kier alpha value is -2.56. The van der Waals surface area contributed by atoms with Gasteiger partial charge in [-0.25, -0.2) is 14.5 Å². The molecular weight excluding hydrogens is 356 g/mol. The van der Waals surface area contributed by atoms with Crippen molar-refractivity contribution in [1.29, 1.82) is 0 Å². The minimum atomic E-state index is -0.345. The molecule has 0 bridgehead atoms. The Kier molecular flexibility index (Phi) is 4.78. The van der Waals surface area contributed by atoms with Crippen molar-refractivity contribution >= 4 is 28.0 Å². The fourth-order valence-corrected chi connectivity index (χ4v) is 3.51. The van der Waals surface area contributed by atoms with Gasteiger partial charge >= 0.3 is 5.69 Å². The molecule has 0 unspecified atom stereocenters. The smallest absolute Gasteiger partial charge is 0.350 e. The molecular formula is C16H18N6O3S. The number of hydrogen-bond acceptors (Lipinski definition) is 7. The van der Waals surface area contributed by atoms with Gasteiger partial charge in [-0.15, -0.1) is 16.4 Å². The van der Waals surface area contributed by atoms with E-state index in [0.29, 0.717) is 10.8 Å². The molecule has 10 heteroatoms. The van der Waals surface area contributed by atoms with Gasteiger partial charge in [0.05, 0.1) is 18.9 Å². The first-order valence-corrected chi connectivity index (χ1v) is 9.15. The van der Waals surface area contributed by atoms with Crippen LogP contribution in [0.3, 0.4) is 0 Å². The predicted octanol–water partition coefficient (Wildman–Crippen LogP) is 0.423. The van der Waals surface area contributed by atoms with Gasteiger partial charge in [-0.05, 0) is 12.1 Å². The van der Waals surface area contributed by atoms with Crippen molar-refractivity contribution < 1.29 is 9.53 Å². The van der Waals surface area contributed by atoms with Crippen molar-refractivity contribution in [2.75, 3.05) is 31.6 Å². The number of thiazole rings is 1. The van der Waals surface area contributed by atoms with Crippen molar-refractivity contribution in [3.63, 3.8) is 0 Å². The lowest BCUT2D eigenvalue weighted by atomic mass is 10.4. The number of pyridine rings is 1. The van der Waals surface area contributed by atoms with Crippen molar-refractivity contribution in [1.82, 2.24) is 24.1 Å². The molecule has 136 valence electrons. The fourth-order valence-electron chi connectivity index (χ4n) is 2.79. The summed E-state index contributed by atoms with van der Waals surface area (Å²) in [6.45, 7) is 3.83. The molecule has 1 saturated heterocycles. The quantitative estimate of drug-likeness (QED) is 0.696. The van der Waals surface area contributed by atoms with Gasteiger partial charge in [0.25, 0.3) is 0 Å². The van der Waals surface area contributed by atoms with E-state index in [4.69, 9.17) is 4.74 Å². The van der Waals surface area contributed by atoms with E-state index in [2.05, 4.69) is 20.3 Å². The normalized spacial score (nSPS) is 15.4. The minimum absolute atomic E-state index is 0.154. The molecule has 3 aromatic heterocycles. The average molecular weight is 374 g/mol. The molecule has 4 rings (SSSR count). The molecule has 1 N–H and O–H groups in total. The molecule has 0 aliphatic carbocycles. The number of nitrogens with zero attached hydrogens (tertiary/aromatic N) is 5. The van der Waals surface area contributed by atoms with Gasteiger partial charge in [0, 0.05) is 31.2 Å². The number of fused-ring (bicyclic) bond motifs is 1. The number of hydrogen-bond donors (Lipinski definition) is 1. The summed E-state index contributed by atoms with van der Waals surface area (Å²) in [6, 6.07) is 5.25. The zero-order valence-corrected chi connectivity index (χ0v) is 14.8. The molecule has 1 aliphatic heterocycles. The van der Waals surface area contributed by atoms with Gasteiger partial charge in [0.15, 0.2) is 10.8 Å². The number of nitrogens with one attached hydrogen (secondary N) is 1. The highest BCUT2D eigenvalue weighted by Gasteiger charge is 2.15. The molecule has 0 saturated carbocycles. The van der Waals surface area contributed by atoms with Crippen molar-refractivity contribution in [3.05, 3.63) is 46.0 Å². The second-order valence-electron chi connectivity index (χ2n) is 5.95. The zero-order valence-electron chi connectivity index (χ0n) is 14.0. The Morgan fingerprint density at radius 3 is 2.96 bits per heavy atom. The number of anilines is 1. The van der Waals surface area contributed by atoms with Crippen LogP contribution in [0.15, 0.2) is 34.6 Å². The van der Waals surface area contributed by atoms with E-state index in [1.165, 1.54) is 15.7 Å². The van der Waals surface area contributed by atoms with Crippen molar-refractivity contribution in [3.8, 4) is 0 Å². The monoisotopic (exact) mass is 374 g/mol. The summed E-state index contributed by atoms with van der Waals surface area (Å²) >= 11 is 1.37. The second kappa shape index (κ2) is 7.36. The van der Waals surface area contributed by atoms with Crippen molar-refractivity contribution in [2.45, 2.75) is 13.1 Å². The molecule has 26 heavy (non-hydrogen) atoms. The third kappa shape index (κ3) is 3.66. The summed E-state index contributed by atoms with van der Waals surface area (Å²) in [6.07, 6.45) is 1.62. The van der Waals surface area contributed by atoms with E-state index in [1.807, 2.05) is 5.38 Å². The van der Waals surface area contributed by atoms with E-state index in [-0.39, 0.29) is 18.1 Å². The van der Waals surface area contributed by atoms with Gasteiger partial charge in [-0.1, -0.05) is 6.07 Å². The number of amides is 1. The average Bonchev–Trinajstić information content (AvgIpc) is 3.21. The lowest BCUT2D eigenvalue weighted by Crippen LogP contribution is -2.35. The van der Waals surface area contributed by atoms with Crippen LogP contribution in [0.1, 0.15) is 5.69 Å². The van der Waals surface area contributed by atoms with Crippen LogP contribution in [0.2, 0.25) is 0 Å². The van der Waals surface area contributed by atoms with Crippen LogP contribution in [-0.4, -0.2) is 56.3 Å². The highest BCUT2D eigenvalue weighted by Crippen LogP contribution is 2.17. The number of carbonyl (C=O) groups is 1. The Balaban J connectivity index is 1.38. The van der Waals surface area contributed by atoms with Crippen LogP contribution >= 0.6 is 11.3 Å². The Labute approximate surface area is 152 Å². The number of morpholine rings is 1. The molecule has 1 aliphatic rings. The Morgan fingerprint density at radius 1 is 1.31 bits per heavy atom. The summed E-state index contributed by atoms with van der Waals surface area (Å²) in [5.41, 5.74) is 1.08. The molecule has 0 aromatic carbocycles. The van der Waals surface area contributed by atoms with Crippen LogP contribution in [0.25, 0.3) is 5.65 Å². The molecule has 1 fully saturated rings. The summed E-state index contributed by atoms with van der Waals surface area (Å²) in [5, 5.41) is 9.34. The topological polar surface area (TPSA) is 93.8 Å². The summed E-state index contributed by atoms with van der Waals surface area (Å²) in [7, 11) is 0. The van der Waals surface area contributed by atoms with Crippen LogP contribution in [-0.2, 0) is 22.6 Å². The third-order valence-electron chi connectivity index (χ3n) is 4.07. The van der Waals surface area contributed by atoms with Crippen LogP contribution in [0.4, 0.5) is 5.13 Å². The van der Waals surface area contributed by atoms with Crippen LogP contribution in [0, 0.1) is 0 Å². The molecule has 0 radical (unpaired) electrons. The maximum Gasteiger partial charge on any atom is 0.350 e. The first-order chi connectivity index (χ1) is 12.7. The number of ether oxygens (including phenoxy) is 1. The summed E-state index contributed by atoms with van der Waals surface area (Å²) < 4.78 is 7.88. The van der Waals surface area contributed by atoms with E-state index in [9.17, 15) is 9.59 Å². The standard InChI is InChI=1S/C16H18N6O3S/c23-14(10-22-16(24)21-4-2-1-3-13(21)19-22)18-15-17-12(11-26-15)9-20-5-7-25-8-6-20/h1-4,11H,5-10H2,(H,17,18,23). The third-order valence-corrected chi connectivity index (χ3v) is 4.88. The maximum atomic E-state index is 12.2. The fraction of sp³-hybridized carbons (Fsp3) is 0.375. The molecule has 3 aromatic rings. The van der Waals surface area contributed by atoms with Gasteiger partial charge in [0.2, 0.25) is 5.91 Å². The number of rotatable bonds is 5. The van der Waals surface area contributed by atoms with Crippen LogP contribution in [0.5, 0.6) is 0 Å². The van der Waals surface area contributed by atoms with Gasteiger partial charge < -0.3 is 10.1 Å². The summed E-state index contributed by atoms with van der Waals surface area (Å²) in [5.74, 6) is -0.331. The zero-order chi connectivity index (χ0) is 17.9. The van der Waals surface area contributed by atoms with Gasteiger partial charge in [0.1, 0.15) is 6.54 Å². The van der Waals surface area contributed by atoms with Crippen LogP contribution < -0.4 is 11.0 Å².